The lowest BCUT2D eigenvalue weighted by Gasteiger charge is -2.18. The van der Waals surface area contributed by atoms with Crippen LogP contribution in [-0.4, -0.2) is 53.4 Å². The van der Waals surface area contributed by atoms with E-state index in [1.807, 2.05) is 59.2 Å². The Balaban J connectivity index is 1.27. The van der Waals surface area contributed by atoms with Crippen molar-refractivity contribution >= 4 is 22.5 Å². The predicted molar refractivity (Wildman–Crippen MR) is 131 cm³/mol. The predicted octanol–water partition coefficient (Wildman–Crippen LogP) is 3.08. The van der Waals surface area contributed by atoms with Gasteiger partial charge in [0.15, 0.2) is 5.65 Å². The van der Waals surface area contributed by atoms with E-state index in [-0.39, 0.29) is 11.7 Å². The molecule has 3 heterocycles. The number of nitrogens with zero attached hydrogens (tertiary/aromatic N) is 5. The molecular formula is C26H26N6O3. The zero-order valence-electron chi connectivity index (χ0n) is 19.2. The van der Waals surface area contributed by atoms with Gasteiger partial charge in [0, 0.05) is 41.8 Å². The second-order valence-corrected chi connectivity index (χ2v) is 8.77. The summed E-state index contributed by atoms with van der Waals surface area (Å²) in [5, 5.41) is 36.0. The standard InChI is InChI=1S/C26H26N6O3/c1-17(27-14-24(33)20-8-10-25-28-29-30-32(25)16-20)11-19-7-9-22-21(12-19)13-23(26(34)35)31(22)15-18-5-3-2-4-6-18/h2-10,12-13,16-17,24,27,33H,11,14-15H2,1H3,(H,34,35)/t17-,24-/m1/s1. The number of carbonyl (C=O) groups is 1. The highest BCUT2D eigenvalue weighted by Crippen LogP contribution is 2.24. The van der Waals surface area contributed by atoms with Gasteiger partial charge in [0.25, 0.3) is 0 Å². The molecule has 3 aromatic heterocycles. The van der Waals surface area contributed by atoms with Crippen LogP contribution in [0.3, 0.4) is 0 Å². The molecule has 9 heteroatoms. The number of pyridine rings is 1. The van der Waals surface area contributed by atoms with Gasteiger partial charge in [0.2, 0.25) is 0 Å². The van der Waals surface area contributed by atoms with E-state index in [1.165, 1.54) is 4.52 Å². The van der Waals surface area contributed by atoms with Crippen molar-refractivity contribution < 1.29 is 15.0 Å². The fourth-order valence-corrected chi connectivity index (χ4v) is 4.37. The van der Waals surface area contributed by atoms with Crippen molar-refractivity contribution in [1.82, 2.24) is 29.9 Å². The molecule has 0 saturated heterocycles. The quantitative estimate of drug-likeness (QED) is 0.303. The Hall–Kier alpha value is -4.08. The number of benzene rings is 2. The van der Waals surface area contributed by atoms with Crippen LogP contribution >= 0.6 is 0 Å². The summed E-state index contributed by atoms with van der Waals surface area (Å²) in [4.78, 5) is 11.9. The third-order valence-electron chi connectivity index (χ3n) is 6.17. The van der Waals surface area contributed by atoms with Crippen LogP contribution in [0.1, 0.15) is 40.2 Å². The largest absolute Gasteiger partial charge is 0.477 e. The summed E-state index contributed by atoms with van der Waals surface area (Å²) in [6, 6.07) is 21.3. The molecule has 35 heavy (non-hydrogen) atoms. The summed E-state index contributed by atoms with van der Waals surface area (Å²) < 4.78 is 3.38. The van der Waals surface area contributed by atoms with Crippen molar-refractivity contribution in [2.75, 3.05) is 6.54 Å². The number of carboxylic acid groups (broad SMARTS) is 1. The lowest BCUT2D eigenvalue weighted by atomic mass is 10.0. The van der Waals surface area contributed by atoms with Crippen molar-refractivity contribution in [3.63, 3.8) is 0 Å². The van der Waals surface area contributed by atoms with E-state index in [2.05, 4.69) is 27.8 Å². The monoisotopic (exact) mass is 470 g/mol. The summed E-state index contributed by atoms with van der Waals surface area (Å²) >= 11 is 0. The van der Waals surface area contributed by atoms with Crippen LogP contribution in [0, 0.1) is 0 Å². The fraction of sp³-hybridized carbons (Fsp3) is 0.231. The van der Waals surface area contributed by atoms with Crippen LogP contribution in [0.2, 0.25) is 0 Å². The summed E-state index contributed by atoms with van der Waals surface area (Å²) in [7, 11) is 0. The van der Waals surface area contributed by atoms with Gasteiger partial charge >= 0.3 is 5.97 Å². The maximum atomic E-state index is 11.9. The molecule has 5 aromatic rings. The molecule has 0 spiro atoms. The van der Waals surface area contributed by atoms with Gasteiger partial charge in [-0.3, -0.25) is 0 Å². The summed E-state index contributed by atoms with van der Waals surface area (Å²) in [6.45, 7) is 2.94. The van der Waals surface area contributed by atoms with E-state index >= 15 is 0 Å². The molecule has 0 aliphatic carbocycles. The molecule has 9 nitrogen and oxygen atoms in total. The van der Waals surface area contributed by atoms with Crippen LogP contribution in [0.4, 0.5) is 0 Å². The van der Waals surface area contributed by atoms with E-state index in [0.717, 1.165) is 34.0 Å². The third kappa shape index (κ3) is 4.91. The number of rotatable bonds is 9. The Morgan fingerprint density at radius 2 is 1.89 bits per heavy atom. The number of fused-ring (bicyclic) bond motifs is 2. The molecule has 2 aromatic carbocycles. The molecule has 0 bridgehead atoms. The topological polar surface area (TPSA) is 118 Å². The van der Waals surface area contributed by atoms with E-state index in [0.29, 0.717) is 18.7 Å². The first-order valence-electron chi connectivity index (χ1n) is 11.5. The van der Waals surface area contributed by atoms with Crippen LogP contribution < -0.4 is 5.32 Å². The van der Waals surface area contributed by atoms with Crippen LogP contribution in [0.15, 0.2) is 72.9 Å². The van der Waals surface area contributed by atoms with Gasteiger partial charge in [-0.2, -0.15) is 0 Å². The Kier molecular flexibility index (Phi) is 6.26. The van der Waals surface area contributed by atoms with Crippen LogP contribution in [-0.2, 0) is 13.0 Å². The molecule has 0 aliphatic heterocycles. The first-order valence-corrected chi connectivity index (χ1v) is 11.5. The second-order valence-electron chi connectivity index (χ2n) is 8.77. The number of aliphatic hydroxyl groups is 1. The van der Waals surface area contributed by atoms with Crippen molar-refractivity contribution in [3.05, 3.63) is 95.3 Å². The van der Waals surface area contributed by atoms with Crippen LogP contribution in [0.5, 0.6) is 0 Å². The smallest absolute Gasteiger partial charge is 0.352 e. The lowest BCUT2D eigenvalue weighted by molar-refractivity contribution is 0.0686. The van der Waals surface area contributed by atoms with Gasteiger partial charge in [-0.1, -0.05) is 42.5 Å². The number of nitrogens with one attached hydrogen (secondary N) is 1. The summed E-state index contributed by atoms with van der Waals surface area (Å²) in [5.74, 6) is -0.942. The number of hydrogen-bond donors (Lipinski definition) is 3. The molecule has 0 aliphatic rings. The number of aromatic carboxylic acids is 1. The highest BCUT2D eigenvalue weighted by Gasteiger charge is 2.16. The average Bonchev–Trinajstić information content (AvgIpc) is 3.47. The summed E-state index contributed by atoms with van der Waals surface area (Å²) in [6.07, 6.45) is 1.76. The van der Waals surface area contributed by atoms with Gasteiger partial charge in [-0.25, -0.2) is 9.31 Å². The minimum atomic E-state index is -0.942. The van der Waals surface area contributed by atoms with Crippen molar-refractivity contribution in [2.24, 2.45) is 0 Å². The van der Waals surface area contributed by atoms with Crippen molar-refractivity contribution in [2.45, 2.75) is 32.0 Å². The van der Waals surface area contributed by atoms with Gasteiger partial charge in [-0.05, 0) is 59.2 Å². The maximum absolute atomic E-state index is 11.9. The normalized spacial score (nSPS) is 13.3. The maximum Gasteiger partial charge on any atom is 0.352 e. The SMILES string of the molecule is C[C@H](Cc1ccc2c(c1)cc(C(=O)O)n2Cc1ccccc1)NC[C@@H](O)c1ccc2nnnn2c1. The van der Waals surface area contributed by atoms with E-state index in [9.17, 15) is 15.0 Å². The van der Waals surface area contributed by atoms with E-state index in [1.54, 1.807) is 18.3 Å². The zero-order chi connectivity index (χ0) is 24.4. The van der Waals surface area contributed by atoms with Gasteiger partial charge in [0.05, 0.1) is 6.10 Å². The molecule has 0 saturated carbocycles. The zero-order valence-corrected chi connectivity index (χ0v) is 19.2. The minimum Gasteiger partial charge on any atom is -0.477 e. The Labute approximate surface area is 201 Å². The summed E-state index contributed by atoms with van der Waals surface area (Å²) in [5.41, 5.74) is 4.66. The average molecular weight is 471 g/mol. The third-order valence-corrected chi connectivity index (χ3v) is 6.17. The lowest BCUT2D eigenvalue weighted by Crippen LogP contribution is -2.32. The van der Waals surface area contributed by atoms with Gasteiger partial charge in [-0.15, -0.1) is 5.10 Å². The highest BCUT2D eigenvalue weighted by molar-refractivity contribution is 5.95. The molecule has 0 fully saturated rings. The molecule has 0 radical (unpaired) electrons. The van der Waals surface area contributed by atoms with Gasteiger partial charge < -0.3 is 20.1 Å². The molecule has 0 unspecified atom stereocenters. The van der Waals surface area contributed by atoms with Crippen molar-refractivity contribution in [1.29, 1.82) is 0 Å². The fourth-order valence-electron chi connectivity index (χ4n) is 4.37. The van der Waals surface area contributed by atoms with Gasteiger partial charge in [0.1, 0.15) is 5.69 Å². The number of carboxylic acids is 1. The molecule has 2 atom stereocenters. The first-order chi connectivity index (χ1) is 17.0. The number of aromatic nitrogens is 5. The van der Waals surface area contributed by atoms with E-state index < -0.39 is 12.1 Å². The highest BCUT2D eigenvalue weighted by atomic mass is 16.4. The molecule has 0 amide bonds. The molecule has 5 rings (SSSR count). The first kappa shape index (κ1) is 22.7. The number of aliphatic hydroxyl groups excluding tert-OH is 1. The van der Waals surface area contributed by atoms with Crippen molar-refractivity contribution in [3.8, 4) is 0 Å². The Morgan fingerprint density at radius 1 is 1.06 bits per heavy atom. The number of tetrazole rings is 1. The van der Waals surface area contributed by atoms with E-state index in [4.69, 9.17) is 0 Å². The minimum absolute atomic E-state index is 0.101. The number of hydrogen-bond acceptors (Lipinski definition) is 6. The molecule has 178 valence electrons. The van der Waals surface area contributed by atoms with Crippen LogP contribution in [0.25, 0.3) is 16.6 Å². The molecule has 3 N–H and O–H groups in total. The molecular weight excluding hydrogens is 444 g/mol. The second kappa shape index (κ2) is 9.65. The Bertz CT molecular complexity index is 1480. The Morgan fingerprint density at radius 3 is 2.69 bits per heavy atom.